The molecule has 1 heterocycles. The van der Waals surface area contributed by atoms with Crippen molar-refractivity contribution in [3.8, 4) is 16.2 Å². The number of ether oxygens (including phenoxy) is 1. The lowest BCUT2D eigenvalue weighted by atomic mass is 9.86. The van der Waals surface area contributed by atoms with Crippen molar-refractivity contribution >= 4 is 17.3 Å². The van der Waals surface area contributed by atoms with Crippen LogP contribution in [0.15, 0.2) is 30.3 Å². The second-order valence-electron chi connectivity index (χ2n) is 5.63. The molecular formula is C16H18O3S. The van der Waals surface area contributed by atoms with Crippen LogP contribution in [0.1, 0.15) is 36.0 Å². The van der Waals surface area contributed by atoms with E-state index < -0.39 is 5.97 Å². The second kappa shape index (κ2) is 5.29. The molecule has 0 saturated heterocycles. The van der Waals surface area contributed by atoms with Crippen molar-refractivity contribution in [3.63, 3.8) is 0 Å². The van der Waals surface area contributed by atoms with Gasteiger partial charge in [-0.15, -0.1) is 11.3 Å². The molecule has 2 aromatic rings. The van der Waals surface area contributed by atoms with E-state index in [9.17, 15) is 4.79 Å². The fourth-order valence-corrected chi connectivity index (χ4v) is 2.83. The first-order chi connectivity index (χ1) is 9.32. The number of methoxy groups -OCH3 is 1. The van der Waals surface area contributed by atoms with Crippen LogP contribution in [0.3, 0.4) is 0 Å². The molecule has 0 atom stereocenters. The predicted molar refractivity (Wildman–Crippen MR) is 82.0 cm³/mol. The van der Waals surface area contributed by atoms with E-state index in [1.807, 2.05) is 18.2 Å². The van der Waals surface area contributed by atoms with Crippen LogP contribution in [-0.4, -0.2) is 18.2 Å². The SMILES string of the molecule is COc1cc(C(C)(C)C)ccc1-c1ccc(C(=O)O)s1. The Morgan fingerprint density at radius 1 is 1.20 bits per heavy atom. The largest absolute Gasteiger partial charge is 0.496 e. The van der Waals surface area contributed by atoms with E-state index >= 15 is 0 Å². The van der Waals surface area contributed by atoms with Gasteiger partial charge < -0.3 is 9.84 Å². The van der Waals surface area contributed by atoms with Crippen molar-refractivity contribution in [1.82, 2.24) is 0 Å². The van der Waals surface area contributed by atoms with Gasteiger partial charge in [0.2, 0.25) is 0 Å². The van der Waals surface area contributed by atoms with E-state index in [1.165, 1.54) is 16.9 Å². The minimum absolute atomic E-state index is 0.0491. The molecule has 0 aliphatic carbocycles. The molecule has 3 nitrogen and oxygen atoms in total. The smallest absolute Gasteiger partial charge is 0.345 e. The lowest BCUT2D eigenvalue weighted by Gasteiger charge is -2.20. The molecule has 0 saturated carbocycles. The minimum atomic E-state index is -0.897. The second-order valence-corrected chi connectivity index (χ2v) is 6.72. The van der Waals surface area contributed by atoms with E-state index in [0.717, 1.165) is 16.2 Å². The highest BCUT2D eigenvalue weighted by Gasteiger charge is 2.17. The van der Waals surface area contributed by atoms with Gasteiger partial charge >= 0.3 is 5.97 Å². The van der Waals surface area contributed by atoms with Crippen LogP contribution in [0, 0.1) is 0 Å². The zero-order valence-electron chi connectivity index (χ0n) is 12.1. The van der Waals surface area contributed by atoms with Crippen LogP contribution in [0.5, 0.6) is 5.75 Å². The van der Waals surface area contributed by atoms with Gasteiger partial charge in [0.25, 0.3) is 0 Å². The van der Waals surface area contributed by atoms with E-state index in [1.54, 1.807) is 13.2 Å². The Morgan fingerprint density at radius 2 is 1.90 bits per heavy atom. The van der Waals surface area contributed by atoms with Crippen molar-refractivity contribution in [3.05, 3.63) is 40.8 Å². The zero-order valence-corrected chi connectivity index (χ0v) is 12.9. The Kier molecular flexibility index (Phi) is 3.86. The summed E-state index contributed by atoms with van der Waals surface area (Å²) in [5.74, 6) is -0.122. The van der Waals surface area contributed by atoms with Gasteiger partial charge in [-0.2, -0.15) is 0 Å². The summed E-state index contributed by atoms with van der Waals surface area (Å²) in [4.78, 5) is 12.2. The molecule has 0 aliphatic heterocycles. The Bertz CT molecular complexity index is 635. The van der Waals surface area contributed by atoms with Crippen LogP contribution in [0.4, 0.5) is 0 Å². The molecule has 4 heteroatoms. The number of carboxylic acid groups (broad SMARTS) is 1. The van der Waals surface area contributed by atoms with Crippen molar-refractivity contribution in [2.24, 2.45) is 0 Å². The van der Waals surface area contributed by atoms with Crippen LogP contribution in [-0.2, 0) is 5.41 Å². The van der Waals surface area contributed by atoms with Gasteiger partial charge in [0.05, 0.1) is 7.11 Å². The van der Waals surface area contributed by atoms with Crippen molar-refractivity contribution < 1.29 is 14.6 Å². The average Bonchev–Trinajstić information content (AvgIpc) is 2.86. The van der Waals surface area contributed by atoms with Crippen LogP contribution in [0.25, 0.3) is 10.4 Å². The fourth-order valence-electron chi connectivity index (χ4n) is 1.96. The van der Waals surface area contributed by atoms with Gasteiger partial charge in [-0.1, -0.05) is 26.8 Å². The molecule has 106 valence electrons. The van der Waals surface area contributed by atoms with E-state index in [2.05, 4.69) is 26.8 Å². The molecule has 0 bridgehead atoms. The molecule has 1 aromatic carbocycles. The Labute approximate surface area is 122 Å². The monoisotopic (exact) mass is 290 g/mol. The van der Waals surface area contributed by atoms with Gasteiger partial charge in [0.15, 0.2) is 0 Å². The summed E-state index contributed by atoms with van der Waals surface area (Å²) >= 11 is 1.26. The average molecular weight is 290 g/mol. The summed E-state index contributed by atoms with van der Waals surface area (Å²) < 4.78 is 5.46. The van der Waals surface area contributed by atoms with Crippen molar-refractivity contribution in [2.75, 3.05) is 7.11 Å². The van der Waals surface area contributed by atoms with Gasteiger partial charge in [-0.3, -0.25) is 0 Å². The molecule has 0 fully saturated rings. The fraction of sp³-hybridized carbons (Fsp3) is 0.312. The number of hydrogen-bond acceptors (Lipinski definition) is 3. The number of benzene rings is 1. The standard InChI is InChI=1S/C16H18O3S/c1-16(2,3)10-5-6-11(12(9-10)19-4)13-7-8-14(20-13)15(17)18/h5-9H,1-4H3,(H,17,18). The summed E-state index contributed by atoms with van der Waals surface area (Å²) in [6.45, 7) is 6.44. The Hall–Kier alpha value is -1.81. The Morgan fingerprint density at radius 3 is 2.40 bits per heavy atom. The van der Waals surface area contributed by atoms with Crippen LogP contribution < -0.4 is 4.74 Å². The maximum absolute atomic E-state index is 11.0. The molecule has 0 unspecified atom stereocenters. The van der Waals surface area contributed by atoms with Gasteiger partial charge in [-0.05, 0) is 35.2 Å². The van der Waals surface area contributed by atoms with E-state index in [4.69, 9.17) is 9.84 Å². The zero-order chi connectivity index (χ0) is 14.9. The molecule has 1 aromatic heterocycles. The number of carboxylic acids is 1. The normalized spacial score (nSPS) is 11.4. The summed E-state index contributed by atoms with van der Waals surface area (Å²) in [5, 5.41) is 9.00. The molecule has 0 amide bonds. The Balaban J connectivity index is 2.48. The molecule has 20 heavy (non-hydrogen) atoms. The molecular weight excluding hydrogens is 272 g/mol. The topological polar surface area (TPSA) is 46.5 Å². The molecule has 0 spiro atoms. The van der Waals surface area contributed by atoms with E-state index in [0.29, 0.717) is 4.88 Å². The highest BCUT2D eigenvalue weighted by atomic mass is 32.1. The lowest BCUT2D eigenvalue weighted by molar-refractivity contribution is 0.0702. The number of hydrogen-bond donors (Lipinski definition) is 1. The van der Waals surface area contributed by atoms with Crippen LogP contribution >= 0.6 is 11.3 Å². The van der Waals surface area contributed by atoms with Crippen LogP contribution in [0.2, 0.25) is 0 Å². The van der Waals surface area contributed by atoms with Crippen molar-refractivity contribution in [1.29, 1.82) is 0 Å². The first-order valence-electron chi connectivity index (χ1n) is 6.35. The third kappa shape index (κ3) is 2.85. The molecule has 0 aliphatic rings. The summed E-state index contributed by atoms with van der Waals surface area (Å²) in [6, 6.07) is 9.53. The predicted octanol–water partition coefficient (Wildman–Crippen LogP) is 4.42. The van der Waals surface area contributed by atoms with E-state index in [-0.39, 0.29) is 5.41 Å². The molecule has 2 rings (SSSR count). The molecule has 1 N–H and O–H groups in total. The third-order valence-corrected chi connectivity index (χ3v) is 4.26. The number of rotatable bonds is 3. The third-order valence-electron chi connectivity index (χ3n) is 3.15. The van der Waals surface area contributed by atoms with Gasteiger partial charge in [0.1, 0.15) is 10.6 Å². The van der Waals surface area contributed by atoms with Crippen molar-refractivity contribution in [2.45, 2.75) is 26.2 Å². The number of thiophene rings is 1. The highest BCUT2D eigenvalue weighted by molar-refractivity contribution is 7.17. The number of aromatic carboxylic acids is 1. The highest BCUT2D eigenvalue weighted by Crippen LogP contribution is 2.37. The summed E-state index contributed by atoms with van der Waals surface area (Å²) in [5.41, 5.74) is 2.17. The van der Waals surface area contributed by atoms with Gasteiger partial charge in [0, 0.05) is 10.4 Å². The lowest BCUT2D eigenvalue weighted by Crippen LogP contribution is -2.11. The maximum Gasteiger partial charge on any atom is 0.345 e. The summed E-state index contributed by atoms with van der Waals surface area (Å²) in [7, 11) is 1.64. The first kappa shape index (κ1) is 14.6. The summed E-state index contributed by atoms with van der Waals surface area (Å²) in [6.07, 6.45) is 0. The first-order valence-corrected chi connectivity index (χ1v) is 7.16. The molecule has 0 radical (unpaired) electrons. The number of carbonyl (C=O) groups is 1. The quantitative estimate of drug-likeness (QED) is 0.910. The van der Waals surface area contributed by atoms with Gasteiger partial charge in [-0.25, -0.2) is 4.79 Å². The minimum Gasteiger partial charge on any atom is -0.496 e. The maximum atomic E-state index is 11.0.